The highest BCUT2D eigenvalue weighted by atomic mass is 32.1. The molecule has 1 aromatic heterocycles. The maximum Gasteiger partial charge on any atom is 0.349 e. The van der Waals surface area contributed by atoms with Crippen LogP contribution < -0.4 is 5.32 Å². The lowest BCUT2D eigenvalue weighted by molar-refractivity contribution is -0.130. The Morgan fingerprint density at radius 1 is 1.17 bits per heavy atom. The zero-order chi connectivity index (χ0) is 16.5. The van der Waals surface area contributed by atoms with Gasteiger partial charge in [-0.1, -0.05) is 30.3 Å². The first-order valence-corrected chi connectivity index (χ1v) is 9.20. The third-order valence-electron chi connectivity index (χ3n) is 4.44. The molecule has 4 rings (SSSR count). The van der Waals surface area contributed by atoms with Gasteiger partial charge in [-0.2, -0.15) is 0 Å². The number of rotatable bonds is 5. The quantitative estimate of drug-likeness (QED) is 0.848. The van der Waals surface area contributed by atoms with E-state index in [1.165, 1.54) is 21.8 Å². The summed E-state index contributed by atoms with van der Waals surface area (Å²) in [5.41, 5.74) is 1.96. The van der Waals surface area contributed by atoms with E-state index in [0.29, 0.717) is 10.4 Å². The Morgan fingerprint density at radius 3 is 2.67 bits per heavy atom. The molecule has 1 saturated carbocycles. The lowest BCUT2D eigenvalue weighted by atomic mass is 10.1. The number of nitrogens with one attached hydrogen (secondary N) is 1. The molecule has 2 aromatic rings. The summed E-state index contributed by atoms with van der Waals surface area (Å²) in [6, 6.07) is 11.4. The zero-order valence-electron chi connectivity index (χ0n) is 13.3. The Hall–Kier alpha value is -2.14. The Morgan fingerprint density at radius 2 is 1.96 bits per heavy atom. The molecular weight excluding hydrogens is 322 g/mol. The van der Waals surface area contributed by atoms with Crippen LogP contribution in [-0.4, -0.2) is 17.9 Å². The second-order valence-electron chi connectivity index (χ2n) is 6.39. The summed E-state index contributed by atoms with van der Waals surface area (Å²) in [4.78, 5) is 26.9. The maximum absolute atomic E-state index is 12.5. The van der Waals surface area contributed by atoms with E-state index in [4.69, 9.17) is 4.74 Å². The molecule has 1 N–H and O–H groups in total. The molecule has 0 spiro atoms. The van der Waals surface area contributed by atoms with Crippen molar-refractivity contribution in [1.82, 2.24) is 5.32 Å². The van der Waals surface area contributed by atoms with Crippen molar-refractivity contribution in [2.75, 3.05) is 0 Å². The first-order valence-electron chi connectivity index (χ1n) is 8.38. The van der Waals surface area contributed by atoms with Gasteiger partial charge >= 0.3 is 5.97 Å². The van der Waals surface area contributed by atoms with Crippen LogP contribution in [0.25, 0.3) is 0 Å². The fourth-order valence-electron chi connectivity index (χ4n) is 3.00. The van der Waals surface area contributed by atoms with Crippen LogP contribution in [0.3, 0.4) is 0 Å². The average Bonchev–Trinajstić information content (AvgIpc) is 3.13. The molecule has 1 atom stereocenters. The van der Waals surface area contributed by atoms with E-state index in [2.05, 4.69) is 5.32 Å². The molecule has 1 heterocycles. The minimum Gasteiger partial charge on any atom is -0.443 e. The predicted octanol–water partition coefficient (Wildman–Crippen LogP) is 3.41. The first kappa shape index (κ1) is 15.4. The number of benzene rings is 1. The molecule has 0 radical (unpaired) electrons. The summed E-state index contributed by atoms with van der Waals surface area (Å²) in [7, 11) is 0. The number of ether oxygens (including phenoxy) is 1. The van der Waals surface area contributed by atoms with Gasteiger partial charge in [0.1, 0.15) is 4.88 Å². The molecule has 0 saturated heterocycles. The summed E-state index contributed by atoms with van der Waals surface area (Å²) in [6.45, 7) is 0. The fourth-order valence-corrected chi connectivity index (χ4v) is 4.14. The van der Waals surface area contributed by atoms with E-state index in [1.807, 2.05) is 36.4 Å². The van der Waals surface area contributed by atoms with Crippen LogP contribution in [0.5, 0.6) is 0 Å². The number of hydrogen-bond acceptors (Lipinski definition) is 4. The van der Waals surface area contributed by atoms with Crippen LogP contribution in [0.15, 0.2) is 36.4 Å². The lowest BCUT2D eigenvalue weighted by Crippen LogP contribution is -2.33. The number of hydrogen-bond donors (Lipinski definition) is 1. The van der Waals surface area contributed by atoms with Gasteiger partial charge in [0, 0.05) is 16.5 Å². The van der Waals surface area contributed by atoms with Crippen molar-refractivity contribution in [2.45, 2.75) is 44.2 Å². The maximum atomic E-state index is 12.5. The SMILES string of the molecule is O=C(OC(C(=O)NC1CC1)c1ccccc1)c1cc2c(s1)CCC2. The van der Waals surface area contributed by atoms with E-state index in [-0.39, 0.29) is 11.9 Å². The van der Waals surface area contributed by atoms with Crippen LogP contribution in [0, 0.1) is 0 Å². The molecule has 1 amide bonds. The monoisotopic (exact) mass is 341 g/mol. The number of carbonyl (C=O) groups is 2. The van der Waals surface area contributed by atoms with E-state index >= 15 is 0 Å². The van der Waals surface area contributed by atoms with Gasteiger partial charge in [0.05, 0.1) is 0 Å². The highest BCUT2D eigenvalue weighted by Crippen LogP contribution is 2.32. The fraction of sp³-hybridized carbons (Fsp3) is 0.368. The van der Waals surface area contributed by atoms with Gasteiger partial charge in [0.25, 0.3) is 5.91 Å². The van der Waals surface area contributed by atoms with Gasteiger partial charge in [-0.25, -0.2) is 4.79 Å². The van der Waals surface area contributed by atoms with Crippen molar-refractivity contribution in [1.29, 1.82) is 0 Å². The molecule has 5 heteroatoms. The number of aryl methyl sites for hydroxylation is 2. The second kappa shape index (κ2) is 6.40. The molecule has 1 unspecified atom stereocenters. The van der Waals surface area contributed by atoms with Gasteiger partial charge < -0.3 is 10.1 Å². The number of amides is 1. The topological polar surface area (TPSA) is 55.4 Å². The Bertz CT molecular complexity index is 743. The molecule has 124 valence electrons. The largest absolute Gasteiger partial charge is 0.443 e. The molecule has 0 aliphatic heterocycles. The molecule has 0 bridgehead atoms. The van der Waals surface area contributed by atoms with Crippen molar-refractivity contribution in [3.05, 3.63) is 57.3 Å². The predicted molar refractivity (Wildman–Crippen MR) is 92.1 cm³/mol. The van der Waals surface area contributed by atoms with Crippen molar-refractivity contribution >= 4 is 23.2 Å². The van der Waals surface area contributed by atoms with Crippen molar-refractivity contribution in [2.24, 2.45) is 0 Å². The van der Waals surface area contributed by atoms with Gasteiger partial charge in [-0.3, -0.25) is 4.79 Å². The highest BCUT2D eigenvalue weighted by molar-refractivity contribution is 7.14. The summed E-state index contributed by atoms with van der Waals surface area (Å²) >= 11 is 1.50. The number of esters is 1. The number of carbonyl (C=O) groups excluding carboxylic acids is 2. The van der Waals surface area contributed by atoms with E-state index in [0.717, 1.165) is 32.1 Å². The van der Waals surface area contributed by atoms with Crippen molar-refractivity contribution in [3.8, 4) is 0 Å². The zero-order valence-corrected chi connectivity index (χ0v) is 14.1. The van der Waals surface area contributed by atoms with Gasteiger partial charge in [-0.15, -0.1) is 11.3 Å². The van der Waals surface area contributed by atoms with Gasteiger partial charge in [0.15, 0.2) is 0 Å². The molecule has 4 nitrogen and oxygen atoms in total. The standard InChI is InChI=1S/C19H19NO3S/c21-18(20-14-9-10-14)17(12-5-2-1-3-6-12)23-19(22)16-11-13-7-4-8-15(13)24-16/h1-3,5-6,11,14,17H,4,7-10H2,(H,20,21). The smallest absolute Gasteiger partial charge is 0.349 e. The van der Waals surface area contributed by atoms with Crippen LogP contribution in [0.4, 0.5) is 0 Å². The number of fused-ring (bicyclic) bond motifs is 1. The van der Waals surface area contributed by atoms with E-state index in [9.17, 15) is 9.59 Å². The van der Waals surface area contributed by atoms with Crippen LogP contribution in [-0.2, 0) is 22.4 Å². The molecule has 1 fully saturated rings. The Kier molecular flexibility index (Phi) is 4.10. The Balaban J connectivity index is 1.53. The minimum absolute atomic E-state index is 0.230. The van der Waals surface area contributed by atoms with Crippen molar-refractivity contribution in [3.63, 3.8) is 0 Å². The average molecular weight is 341 g/mol. The Labute approximate surface area is 144 Å². The first-order chi connectivity index (χ1) is 11.7. The normalized spacial score (nSPS) is 17.2. The van der Waals surface area contributed by atoms with Gasteiger partial charge in [0.2, 0.25) is 6.10 Å². The number of thiophene rings is 1. The van der Waals surface area contributed by atoms with Crippen molar-refractivity contribution < 1.29 is 14.3 Å². The molecule has 2 aliphatic carbocycles. The van der Waals surface area contributed by atoms with Crippen LogP contribution in [0.1, 0.15) is 51.0 Å². The highest BCUT2D eigenvalue weighted by Gasteiger charge is 2.31. The lowest BCUT2D eigenvalue weighted by Gasteiger charge is -2.17. The third-order valence-corrected chi connectivity index (χ3v) is 5.65. The molecule has 1 aromatic carbocycles. The van der Waals surface area contributed by atoms with Gasteiger partial charge in [-0.05, 0) is 43.7 Å². The summed E-state index contributed by atoms with van der Waals surface area (Å²) in [5.74, 6) is -0.643. The summed E-state index contributed by atoms with van der Waals surface area (Å²) < 4.78 is 5.61. The van der Waals surface area contributed by atoms with E-state index < -0.39 is 12.1 Å². The third kappa shape index (κ3) is 3.22. The molecule has 24 heavy (non-hydrogen) atoms. The second-order valence-corrected chi connectivity index (χ2v) is 7.53. The summed E-state index contributed by atoms with van der Waals surface area (Å²) in [5, 5.41) is 2.94. The summed E-state index contributed by atoms with van der Waals surface area (Å²) in [6.07, 6.45) is 4.34. The van der Waals surface area contributed by atoms with Crippen LogP contribution >= 0.6 is 11.3 Å². The van der Waals surface area contributed by atoms with E-state index in [1.54, 1.807) is 0 Å². The minimum atomic E-state index is -0.892. The van der Waals surface area contributed by atoms with Crippen LogP contribution in [0.2, 0.25) is 0 Å². The molecular formula is C19H19NO3S. The molecule has 2 aliphatic rings.